The molecule has 0 saturated carbocycles. The van der Waals surface area contributed by atoms with Gasteiger partial charge in [-0.05, 0) is 49.7 Å². The normalized spacial score (nSPS) is 11.5. The summed E-state index contributed by atoms with van der Waals surface area (Å²) in [5.74, 6) is -0.602. The molecule has 1 heterocycles. The molecule has 0 fully saturated rings. The number of benzene rings is 3. The lowest BCUT2D eigenvalue weighted by molar-refractivity contribution is 0.0964. The average Bonchev–Trinajstić information content (AvgIpc) is 3.16. The summed E-state index contributed by atoms with van der Waals surface area (Å²) < 4.78 is 46.9. The van der Waals surface area contributed by atoms with E-state index in [1.807, 2.05) is 31.2 Å². The van der Waals surface area contributed by atoms with Crippen LogP contribution in [0.5, 0.6) is 0 Å². The number of carbonyl (C=O) groups excluding carboxylic acids is 1. The SMILES string of the molecule is CCS(=O)(=O)Nc1cc2oc(-c3ccc(F)cc3)c(C(=O)NC)c2cc1-c1cccc(C)c1. The quantitative estimate of drug-likeness (QED) is 0.402. The minimum Gasteiger partial charge on any atom is -0.455 e. The Labute approximate surface area is 191 Å². The predicted octanol–water partition coefficient (Wildman–Crippen LogP) is 5.34. The Kier molecular flexibility index (Phi) is 5.95. The van der Waals surface area contributed by atoms with E-state index in [-0.39, 0.29) is 23.0 Å². The van der Waals surface area contributed by atoms with Crippen molar-refractivity contribution in [3.63, 3.8) is 0 Å². The molecule has 0 radical (unpaired) electrons. The average molecular weight is 467 g/mol. The molecule has 33 heavy (non-hydrogen) atoms. The summed E-state index contributed by atoms with van der Waals surface area (Å²) in [7, 11) is -2.06. The fourth-order valence-electron chi connectivity index (χ4n) is 3.67. The number of nitrogens with one attached hydrogen (secondary N) is 2. The number of fused-ring (bicyclic) bond motifs is 1. The van der Waals surface area contributed by atoms with Gasteiger partial charge in [-0.25, -0.2) is 12.8 Å². The highest BCUT2D eigenvalue weighted by atomic mass is 32.2. The van der Waals surface area contributed by atoms with Gasteiger partial charge in [-0.15, -0.1) is 0 Å². The van der Waals surface area contributed by atoms with Crippen molar-refractivity contribution >= 4 is 32.6 Å². The molecule has 0 aliphatic rings. The first-order valence-electron chi connectivity index (χ1n) is 10.4. The molecule has 170 valence electrons. The van der Waals surface area contributed by atoms with Crippen LogP contribution in [-0.4, -0.2) is 27.1 Å². The highest BCUT2D eigenvalue weighted by molar-refractivity contribution is 7.92. The molecule has 8 heteroatoms. The third-order valence-electron chi connectivity index (χ3n) is 5.36. The predicted molar refractivity (Wildman–Crippen MR) is 128 cm³/mol. The molecule has 1 aromatic heterocycles. The van der Waals surface area contributed by atoms with Gasteiger partial charge in [0.2, 0.25) is 10.0 Å². The van der Waals surface area contributed by atoms with Crippen molar-refractivity contribution in [1.29, 1.82) is 0 Å². The standard InChI is InChI=1S/C25H23FN2O4S/c1-4-33(30,31)28-21-14-22-20(13-19(21)17-7-5-6-15(2)12-17)23(25(29)27-3)24(32-22)16-8-10-18(26)11-9-16/h5-14,28H,4H2,1-3H3,(H,27,29). The van der Waals surface area contributed by atoms with Gasteiger partial charge in [0, 0.05) is 29.6 Å². The van der Waals surface area contributed by atoms with E-state index in [2.05, 4.69) is 10.0 Å². The lowest BCUT2D eigenvalue weighted by Crippen LogP contribution is -2.18. The zero-order valence-electron chi connectivity index (χ0n) is 18.4. The highest BCUT2D eigenvalue weighted by Crippen LogP contribution is 2.40. The van der Waals surface area contributed by atoms with Gasteiger partial charge < -0.3 is 9.73 Å². The van der Waals surface area contributed by atoms with Gasteiger partial charge in [-0.2, -0.15) is 0 Å². The van der Waals surface area contributed by atoms with Gasteiger partial charge in [0.05, 0.1) is 17.0 Å². The maximum Gasteiger partial charge on any atom is 0.255 e. The summed E-state index contributed by atoms with van der Waals surface area (Å²) in [6, 6.07) is 16.6. The summed E-state index contributed by atoms with van der Waals surface area (Å²) >= 11 is 0. The number of carbonyl (C=O) groups is 1. The molecule has 0 saturated heterocycles. The highest BCUT2D eigenvalue weighted by Gasteiger charge is 2.24. The first kappa shape index (κ1) is 22.5. The second kappa shape index (κ2) is 8.71. The van der Waals surface area contributed by atoms with Crippen molar-refractivity contribution in [2.75, 3.05) is 17.5 Å². The fourth-order valence-corrected chi connectivity index (χ4v) is 4.32. The molecule has 0 aliphatic heterocycles. The molecule has 0 atom stereocenters. The van der Waals surface area contributed by atoms with Crippen molar-refractivity contribution in [3.8, 4) is 22.5 Å². The first-order chi connectivity index (χ1) is 15.7. The second-order valence-corrected chi connectivity index (χ2v) is 9.67. The number of rotatable bonds is 6. The van der Waals surface area contributed by atoms with E-state index in [4.69, 9.17) is 4.42 Å². The van der Waals surface area contributed by atoms with E-state index in [9.17, 15) is 17.6 Å². The largest absolute Gasteiger partial charge is 0.455 e. The van der Waals surface area contributed by atoms with Crippen LogP contribution < -0.4 is 10.0 Å². The molecular formula is C25H23FN2O4S. The maximum atomic E-state index is 13.5. The Hall–Kier alpha value is -3.65. The first-order valence-corrected chi connectivity index (χ1v) is 12.0. The van der Waals surface area contributed by atoms with Crippen LogP contribution in [0, 0.1) is 12.7 Å². The van der Waals surface area contributed by atoms with Crippen LogP contribution in [0.25, 0.3) is 33.4 Å². The van der Waals surface area contributed by atoms with Gasteiger partial charge in [-0.3, -0.25) is 9.52 Å². The number of furan rings is 1. The summed E-state index contributed by atoms with van der Waals surface area (Å²) in [6.45, 7) is 3.49. The molecule has 1 amide bonds. The molecule has 0 bridgehead atoms. The molecule has 0 unspecified atom stereocenters. The van der Waals surface area contributed by atoms with Crippen LogP contribution in [0.15, 0.2) is 65.1 Å². The molecule has 2 N–H and O–H groups in total. The van der Waals surface area contributed by atoms with Crippen LogP contribution in [0.4, 0.5) is 10.1 Å². The van der Waals surface area contributed by atoms with Gasteiger partial charge in [0.25, 0.3) is 5.91 Å². The van der Waals surface area contributed by atoms with Crippen LogP contribution in [0.3, 0.4) is 0 Å². The minimum absolute atomic E-state index is 0.0965. The Morgan fingerprint density at radius 2 is 1.76 bits per heavy atom. The van der Waals surface area contributed by atoms with E-state index in [0.29, 0.717) is 27.8 Å². The van der Waals surface area contributed by atoms with E-state index in [0.717, 1.165) is 11.1 Å². The van der Waals surface area contributed by atoms with Crippen molar-refractivity contribution in [3.05, 3.63) is 77.6 Å². The zero-order valence-corrected chi connectivity index (χ0v) is 19.2. The number of anilines is 1. The number of aryl methyl sites for hydroxylation is 1. The Balaban J connectivity index is 2.04. The lowest BCUT2D eigenvalue weighted by atomic mass is 9.98. The lowest BCUT2D eigenvalue weighted by Gasteiger charge is -2.13. The maximum absolute atomic E-state index is 13.5. The third kappa shape index (κ3) is 4.47. The van der Waals surface area contributed by atoms with Crippen molar-refractivity contribution in [2.24, 2.45) is 0 Å². The summed E-state index contributed by atoms with van der Waals surface area (Å²) in [4.78, 5) is 12.9. The van der Waals surface area contributed by atoms with Crippen molar-refractivity contribution < 1.29 is 22.0 Å². The monoisotopic (exact) mass is 466 g/mol. The van der Waals surface area contributed by atoms with Crippen molar-refractivity contribution in [1.82, 2.24) is 5.32 Å². The minimum atomic E-state index is -3.58. The number of halogens is 1. The van der Waals surface area contributed by atoms with Gasteiger partial charge >= 0.3 is 0 Å². The summed E-state index contributed by atoms with van der Waals surface area (Å²) in [5.41, 5.74) is 3.90. The van der Waals surface area contributed by atoms with Crippen LogP contribution in [0.1, 0.15) is 22.8 Å². The summed E-state index contributed by atoms with van der Waals surface area (Å²) in [6.07, 6.45) is 0. The van der Waals surface area contributed by atoms with Crippen molar-refractivity contribution in [2.45, 2.75) is 13.8 Å². The molecule has 3 aromatic carbocycles. The number of hydrogen-bond donors (Lipinski definition) is 2. The molecule has 4 rings (SSSR count). The fraction of sp³-hybridized carbons (Fsp3) is 0.160. The Morgan fingerprint density at radius 3 is 2.39 bits per heavy atom. The number of amides is 1. The third-order valence-corrected chi connectivity index (χ3v) is 6.65. The van der Waals surface area contributed by atoms with E-state index < -0.39 is 15.8 Å². The Bertz CT molecular complexity index is 1460. The van der Waals surface area contributed by atoms with E-state index in [1.165, 1.54) is 31.3 Å². The van der Waals surface area contributed by atoms with Gasteiger partial charge in [0.15, 0.2) is 0 Å². The van der Waals surface area contributed by atoms with Crippen LogP contribution in [0.2, 0.25) is 0 Å². The number of sulfonamides is 1. The molecule has 6 nitrogen and oxygen atoms in total. The van der Waals surface area contributed by atoms with E-state index in [1.54, 1.807) is 19.1 Å². The Morgan fingerprint density at radius 1 is 1.03 bits per heavy atom. The van der Waals surface area contributed by atoms with Gasteiger partial charge in [0.1, 0.15) is 17.2 Å². The van der Waals surface area contributed by atoms with Gasteiger partial charge in [-0.1, -0.05) is 29.8 Å². The smallest absolute Gasteiger partial charge is 0.255 e. The molecule has 0 aliphatic carbocycles. The zero-order chi connectivity index (χ0) is 23.8. The number of hydrogen-bond acceptors (Lipinski definition) is 4. The molecule has 4 aromatic rings. The van der Waals surface area contributed by atoms with Crippen LogP contribution >= 0.6 is 0 Å². The molecular weight excluding hydrogens is 443 g/mol. The topological polar surface area (TPSA) is 88.4 Å². The summed E-state index contributed by atoms with van der Waals surface area (Å²) in [5, 5.41) is 3.15. The van der Waals surface area contributed by atoms with Crippen LogP contribution in [-0.2, 0) is 10.0 Å². The van der Waals surface area contributed by atoms with E-state index >= 15 is 0 Å². The second-order valence-electron chi connectivity index (χ2n) is 7.66. The molecule has 0 spiro atoms.